The third-order valence-electron chi connectivity index (χ3n) is 3.63. The summed E-state index contributed by atoms with van der Waals surface area (Å²) in [5.41, 5.74) is 1.70. The molecule has 5 nitrogen and oxygen atoms in total. The van der Waals surface area contributed by atoms with Gasteiger partial charge in [0.1, 0.15) is 5.75 Å². The molecule has 0 aliphatic heterocycles. The molecule has 4 aromatic rings. The van der Waals surface area contributed by atoms with Gasteiger partial charge in [-0.1, -0.05) is 18.2 Å². The van der Waals surface area contributed by atoms with Gasteiger partial charge in [-0.2, -0.15) is 0 Å². The normalized spacial score (nSPS) is 13.7. The first-order valence-corrected chi connectivity index (χ1v) is 6.70. The Hall–Kier alpha value is -3.08. The first-order valence-electron chi connectivity index (χ1n) is 8.20. The van der Waals surface area contributed by atoms with Gasteiger partial charge in [-0.15, -0.1) is 0 Å². The van der Waals surface area contributed by atoms with Gasteiger partial charge >= 0.3 is 0 Å². The van der Waals surface area contributed by atoms with E-state index in [-0.39, 0.29) is 11.3 Å². The summed E-state index contributed by atoms with van der Waals surface area (Å²) in [4.78, 5) is 16.9. The minimum atomic E-state index is -2.53. The second-order valence-corrected chi connectivity index (χ2v) is 4.92. The van der Waals surface area contributed by atoms with Crippen molar-refractivity contribution in [2.24, 2.45) is 0 Å². The third-order valence-corrected chi connectivity index (χ3v) is 3.63. The van der Waals surface area contributed by atoms with Crippen molar-refractivity contribution in [1.29, 1.82) is 0 Å². The molecule has 0 aliphatic rings. The summed E-state index contributed by atoms with van der Waals surface area (Å²) in [5.74, 6) is 0.198. The SMILES string of the molecule is [2H]C([2H])([2H])Oc1ccc2c(c1)ncc1c(=O)n(-c3ccccc3)[nH]c12. The number of aromatic nitrogens is 3. The molecule has 2 aromatic heterocycles. The number of hydrogen-bond donors (Lipinski definition) is 1. The van der Waals surface area contributed by atoms with Gasteiger partial charge in [0.25, 0.3) is 5.56 Å². The molecule has 0 saturated heterocycles. The highest BCUT2D eigenvalue weighted by Crippen LogP contribution is 2.24. The Morgan fingerprint density at radius 3 is 2.86 bits per heavy atom. The molecule has 0 saturated carbocycles. The zero-order chi connectivity index (χ0) is 17.6. The van der Waals surface area contributed by atoms with E-state index in [2.05, 4.69) is 10.1 Å². The lowest BCUT2D eigenvalue weighted by atomic mass is 10.1. The summed E-state index contributed by atoms with van der Waals surface area (Å²) in [6.45, 7) is 0. The molecule has 0 atom stereocenters. The first kappa shape index (κ1) is 9.78. The Morgan fingerprint density at radius 1 is 1.18 bits per heavy atom. The first-order chi connectivity index (χ1) is 11.9. The van der Waals surface area contributed by atoms with Crippen molar-refractivity contribution >= 4 is 21.8 Å². The van der Waals surface area contributed by atoms with Crippen molar-refractivity contribution in [3.63, 3.8) is 0 Å². The fraction of sp³-hybridized carbons (Fsp3) is 0.0588. The third kappa shape index (κ3) is 1.79. The fourth-order valence-corrected chi connectivity index (χ4v) is 2.56. The Kier molecular flexibility index (Phi) is 2.11. The lowest BCUT2D eigenvalue weighted by Gasteiger charge is -2.02. The lowest BCUT2D eigenvalue weighted by Crippen LogP contribution is -2.13. The monoisotopic (exact) mass is 294 g/mol. The number of pyridine rings is 1. The van der Waals surface area contributed by atoms with Crippen LogP contribution in [-0.4, -0.2) is 21.8 Å². The molecule has 0 unspecified atom stereocenters. The Balaban J connectivity index is 1.91. The topological polar surface area (TPSA) is 59.9 Å². The molecular weight excluding hydrogens is 278 g/mol. The number of hydrogen-bond acceptors (Lipinski definition) is 3. The largest absolute Gasteiger partial charge is 0.497 e. The number of H-pyrrole nitrogens is 1. The van der Waals surface area contributed by atoms with Crippen LogP contribution in [0.3, 0.4) is 0 Å². The van der Waals surface area contributed by atoms with Crippen LogP contribution in [-0.2, 0) is 0 Å². The minimum absolute atomic E-state index is 0.196. The molecule has 0 amide bonds. The maximum absolute atomic E-state index is 12.6. The predicted octanol–water partition coefficient (Wildman–Crippen LogP) is 2.88. The Bertz CT molecular complexity index is 1130. The second kappa shape index (κ2) is 4.73. The van der Waals surface area contributed by atoms with Crippen molar-refractivity contribution < 1.29 is 8.85 Å². The predicted molar refractivity (Wildman–Crippen MR) is 85.7 cm³/mol. The van der Waals surface area contributed by atoms with Crippen molar-refractivity contribution in [2.75, 3.05) is 7.04 Å². The van der Waals surface area contributed by atoms with Gasteiger partial charge in [-0.05, 0) is 24.3 Å². The summed E-state index contributed by atoms with van der Waals surface area (Å²) < 4.78 is 27.9. The molecule has 0 fully saturated rings. The van der Waals surface area contributed by atoms with E-state index >= 15 is 0 Å². The van der Waals surface area contributed by atoms with E-state index in [0.29, 0.717) is 21.8 Å². The summed E-state index contributed by atoms with van der Waals surface area (Å²) in [7, 11) is -2.53. The van der Waals surface area contributed by atoms with Crippen LogP contribution in [0.2, 0.25) is 0 Å². The molecule has 5 heteroatoms. The molecule has 0 aliphatic carbocycles. The number of fused-ring (bicyclic) bond motifs is 3. The minimum Gasteiger partial charge on any atom is -0.497 e. The van der Waals surface area contributed by atoms with E-state index in [9.17, 15) is 4.79 Å². The Morgan fingerprint density at radius 2 is 2.05 bits per heavy atom. The van der Waals surface area contributed by atoms with Crippen LogP contribution < -0.4 is 10.3 Å². The van der Waals surface area contributed by atoms with Crippen LogP contribution in [0.1, 0.15) is 4.11 Å². The van der Waals surface area contributed by atoms with Crippen LogP contribution in [0.15, 0.2) is 59.5 Å². The van der Waals surface area contributed by atoms with Crippen molar-refractivity contribution in [2.45, 2.75) is 0 Å². The van der Waals surface area contributed by atoms with Gasteiger partial charge in [0, 0.05) is 17.6 Å². The number of aromatic amines is 1. The molecular formula is C17H13N3O2. The highest BCUT2D eigenvalue weighted by molar-refractivity contribution is 6.03. The second-order valence-electron chi connectivity index (χ2n) is 4.92. The number of ether oxygens (including phenoxy) is 1. The number of methoxy groups -OCH3 is 1. The quantitative estimate of drug-likeness (QED) is 0.618. The van der Waals surface area contributed by atoms with Crippen LogP contribution in [0, 0.1) is 0 Å². The van der Waals surface area contributed by atoms with Crippen molar-refractivity contribution in [1.82, 2.24) is 14.8 Å². The fourth-order valence-electron chi connectivity index (χ4n) is 2.56. The molecule has 0 spiro atoms. The zero-order valence-corrected chi connectivity index (χ0v) is 11.4. The van der Waals surface area contributed by atoms with E-state index in [0.717, 1.165) is 5.69 Å². The average molecular weight is 294 g/mol. The van der Waals surface area contributed by atoms with Gasteiger partial charge in [-0.25, -0.2) is 4.68 Å². The maximum atomic E-state index is 12.6. The van der Waals surface area contributed by atoms with Crippen LogP contribution >= 0.6 is 0 Å². The van der Waals surface area contributed by atoms with Crippen molar-refractivity contribution in [3.8, 4) is 11.4 Å². The van der Waals surface area contributed by atoms with E-state index in [1.54, 1.807) is 18.2 Å². The number of nitrogens with one attached hydrogen (secondary N) is 1. The zero-order valence-electron chi connectivity index (χ0n) is 14.4. The number of rotatable bonds is 2. The summed E-state index contributed by atoms with van der Waals surface area (Å²) in [6, 6.07) is 14.0. The molecule has 2 heterocycles. The van der Waals surface area contributed by atoms with E-state index < -0.39 is 7.04 Å². The van der Waals surface area contributed by atoms with Gasteiger partial charge < -0.3 is 4.74 Å². The lowest BCUT2D eigenvalue weighted by molar-refractivity contribution is 0.415. The Labute approximate surface area is 130 Å². The molecule has 4 rings (SSSR count). The molecule has 1 N–H and O–H groups in total. The van der Waals surface area contributed by atoms with Gasteiger partial charge in [0.2, 0.25) is 0 Å². The smallest absolute Gasteiger partial charge is 0.280 e. The highest BCUT2D eigenvalue weighted by Gasteiger charge is 2.12. The average Bonchev–Trinajstić information content (AvgIpc) is 2.91. The maximum Gasteiger partial charge on any atom is 0.280 e. The van der Waals surface area contributed by atoms with Crippen LogP contribution in [0.4, 0.5) is 0 Å². The van der Waals surface area contributed by atoms with Crippen LogP contribution in [0.5, 0.6) is 5.75 Å². The van der Waals surface area contributed by atoms with Crippen molar-refractivity contribution in [3.05, 3.63) is 65.1 Å². The summed E-state index contributed by atoms with van der Waals surface area (Å²) in [6.07, 6.45) is 1.48. The molecule has 22 heavy (non-hydrogen) atoms. The van der Waals surface area contributed by atoms with Gasteiger partial charge in [0.05, 0.1) is 33.3 Å². The van der Waals surface area contributed by atoms with Gasteiger partial charge in [0.15, 0.2) is 0 Å². The van der Waals surface area contributed by atoms with E-state index in [1.807, 2.05) is 30.3 Å². The summed E-state index contributed by atoms with van der Waals surface area (Å²) in [5, 5.41) is 4.27. The molecule has 108 valence electrons. The highest BCUT2D eigenvalue weighted by atomic mass is 16.5. The van der Waals surface area contributed by atoms with Gasteiger partial charge in [-0.3, -0.25) is 14.9 Å². The standard InChI is InChI=1S/C17H13N3O2/c1-22-12-7-8-13-15(9-12)18-10-14-16(13)19-20(17(14)21)11-5-3-2-4-6-11/h2-10,19H,1H3/i1D3. The summed E-state index contributed by atoms with van der Waals surface area (Å²) >= 11 is 0. The molecule has 2 aromatic carbocycles. The number of nitrogens with zero attached hydrogens (tertiary/aromatic N) is 2. The molecule has 0 bridgehead atoms. The number of para-hydroxylation sites is 1. The molecule has 0 radical (unpaired) electrons. The van der Waals surface area contributed by atoms with E-state index in [1.165, 1.54) is 10.9 Å². The van der Waals surface area contributed by atoms with Crippen LogP contribution in [0.25, 0.3) is 27.5 Å². The van der Waals surface area contributed by atoms with E-state index in [4.69, 9.17) is 8.85 Å². The number of benzene rings is 2.